The van der Waals surface area contributed by atoms with Crippen LogP contribution in [0, 0.1) is 6.92 Å². The van der Waals surface area contributed by atoms with Crippen molar-refractivity contribution in [3.8, 4) is 5.75 Å². The summed E-state index contributed by atoms with van der Waals surface area (Å²) in [6.45, 7) is 2.37. The molecule has 102 valence electrons. The van der Waals surface area contributed by atoms with E-state index in [0.29, 0.717) is 23.4 Å². The molecule has 3 N–H and O–H groups in total. The summed E-state index contributed by atoms with van der Waals surface area (Å²) < 4.78 is 0. The van der Waals surface area contributed by atoms with Gasteiger partial charge in [0, 0.05) is 23.5 Å². The van der Waals surface area contributed by atoms with Crippen LogP contribution < -0.4 is 10.6 Å². The third-order valence-electron chi connectivity index (χ3n) is 3.78. The highest BCUT2D eigenvalue weighted by Gasteiger charge is 2.28. The molecule has 2 aromatic rings. The van der Waals surface area contributed by atoms with E-state index in [1.165, 1.54) is 0 Å². The summed E-state index contributed by atoms with van der Waals surface area (Å²) in [4.78, 5) is 14.3. The fraction of sp³-hybridized carbons (Fsp3) is 0.188. The first-order valence-electron chi connectivity index (χ1n) is 6.57. The summed E-state index contributed by atoms with van der Waals surface area (Å²) in [6.07, 6.45) is 0.750. The number of phenolic OH excluding ortho intramolecular Hbond substituents is 1. The van der Waals surface area contributed by atoms with Gasteiger partial charge in [0.15, 0.2) is 0 Å². The van der Waals surface area contributed by atoms with Crippen LogP contribution in [0.5, 0.6) is 5.75 Å². The lowest BCUT2D eigenvalue weighted by atomic mass is 10.1. The molecule has 4 nitrogen and oxygen atoms in total. The molecular formula is C16H16N2O2. The zero-order valence-electron chi connectivity index (χ0n) is 11.3. The van der Waals surface area contributed by atoms with Gasteiger partial charge in [0.05, 0.1) is 5.56 Å². The van der Waals surface area contributed by atoms with Gasteiger partial charge in [-0.2, -0.15) is 0 Å². The van der Waals surface area contributed by atoms with E-state index in [2.05, 4.69) is 0 Å². The minimum absolute atomic E-state index is 0.0508. The van der Waals surface area contributed by atoms with E-state index in [-0.39, 0.29) is 11.7 Å². The van der Waals surface area contributed by atoms with E-state index in [1.54, 1.807) is 30.0 Å². The average molecular weight is 268 g/mol. The van der Waals surface area contributed by atoms with Crippen LogP contribution in [0.4, 0.5) is 11.4 Å². The summed E-state index contributed by atoms with van der Waals surface area (Å²) >= 11 is 0. The Morgan fingerprint density at radius 2 is 2.00 bits per heavy atom. The number of rotatable bonds is 1. The zero-order chi connectivity index (χ0) is 14.3. The van der Waals surface area contributed by atoms with Crippen LogP contribution >= 0.6 is 0 Å². The highest BCUT2D eigenvalue weighted by molar-refractivity contribution is 6.09. The second kappa shape index (κ2) is 4.56. The molecule has 0 fully saturated rings. The molecule has 0 radical (unpaired) electrons. The van der Waals surface area contributed by atoms with Crippen molar-refractivity contribution in [1.29, 1.82) is 0 Å². The number of benzene rings is 2. The molecule has 0 saturated carbocycles. The van der Waals surface area contributed by atoms with Crippen molar-refractivity contribution in [1.82, 2.24) is 0 Å². The molecule has 2 aromatic carbocycles. The number of nitrogens with two attached hydrogens (primary N) is 1. The number of aryl methyl sites for hydroxylation is 1. The second-order valence-corrected chi connectivity index (χ2v) is 5.02. The van der Waals surface area contributed by atoms with Gasteiger partial charge in [-0.05, 0) is 37.1 Å². The predicted octanol–water partition coefficient (Wildman–Crippen LogP) is 2.49. The molecular weight excluding hydrogens is 252 g/mol. The van der Waals surface area contributed by atoms with Crippen molar-refractivity contribution < 1.29 is 9.90 Å². The fourth-order valence-electron chi connectivity index (χ4n) is 2.65. The minimum Gasteiger partial charge on any atom is -0.507 e. The maximum Gasteiger partial charge on any atom is 0.262 e. The Morgan fingerprint density at radius 1 is 1.25 bits per heavy atom. The first kappa shape index (κ1) is 12.5. The van der Waals surface area contributed by atoms with E-state index >= 15 is 0 Å². The van der Waals surface area contributed by atoms with Crippen LogP contribution in [0.2, 0.25) is 0 Å². The van der Waals surface area contributed by atoms with Gasteiger partial charge in [0.25, 0.3) is 5.91 Å². The number of anilines is 2. The number of fused-ring (bicyclic) bond motifs is 1. The number of hydrogen-bond acceptors (Lipinski definition) is 3. The summed E-state index contributed by atoms with van der Waals surface area (Å²) in [6, 6.07) is 10.8. The molecule has 1 aliphatic heterocycles. The van der Waals surface area contributed by atoms with Gasteiger partial charge < -0.3 is 15.7 Å². The molecule has 0 saturated heterocycles. The first-order valence-corrected chi connectivity index (χ1v) is 6.57. The Labute approximate surface area is 117 Å². The molecule has 1 amide bonds. The Bertz CT molecular complexity index is 695. The number of carbonyl (C=O) groups is 1. The SMILES string of the molecule is Cc1cccc(C(=O)N2CCc3c(N)cccc32)c1O. The van der Waals surface area contributed by atoms with Crippen LogP contribution in [0.25, 0.3) is 0 Å². The molecule has 0 unspecified atom stereocenters. The van der Waals surface area contributed by atoms with Gasteiger partial charge in [-0.3, -0.25) is 4.79 Å². The molecule has 0 atom stereocenters. The van der Waals surface area contributed by atoms with E-state index in [4.69, 9.17) is 5.73 Å². The Hall–Kier alpha value is -2.49. The predicted molar refractivity (Wildman–Crippen MR) is 79.1 cm³/mol. The van der Waals surface area contributed by atoms with E-state index in [1.807, 2.05) is 18.2 Å². The van der Waals surface area contributed by atoms with Crippen LogP contribution in [0.1, 0.15) is 21.5 Å². The maximum atomic E-state index is 12.6. The standard InChI is InChI=1S/C16H16N2O2/c1-10-4-2-5-12(15(10)19)16(20)18-9-8-11-13(17)6-3-7-14(11)18/h2-7,19H,8-9,17H2,1H3. The molecule has 0 aromatic heterocycles. The van der Waals surface area contributed by atoms with Gasteiger partial charge in [-0.15, -0.1) is 0 Å². The van der Waals surface area contributed by atoms with Crippen molar-refractivity contribution in [3.05, 3.63) is 53.1 Å². The minimum atomic E-state index is -0.185. The van der Waals surface area contributed by atoms with Crippen molar-refractivity contribution >= 4 is 17.3 Å². The zero-order valence-corrected chi connectivity index (χ0v) is 11.3. The van der Waals surface area contributed by atoms with Crippen LogP contribution in [0.3, 0.4) is 0 Å². The lowest BCUT2D eigenvalue weighted by Gasteiger charge is -2.18. The molecule has 0 bridgehead atoms. The first-order chi connectivity index (χ1) is 9.59. The third kappa shape index (κ3) is 1.81. The van der Waals surface area contributed by atoms with Crippen LogP contribution in [-0.2, 0) is 6.42 Å². The quantitative estimate of drug-likeness (QED) is 0.781. The maximum absolute atomic E-state index is 12.6. The number of carbonyl (C=O) groups excluding carboxylic acids is 1. The summed E-state index contributed by atoms with van der Waals surface area (Å²) in [7, 11) is 0. The molecule has 20 heavy (non-hydrogen) atoms. The summed E-state index contributed by atoms with van der Waals surface area (Å²) in [5.41, 5.74) is 9.54. The summed E-state index contributed by atoms with van der Waals surface area (Å²) in [5, 5.41) is 10.1. The fourth-order valence-corrected chi connectivity index (χ4v) is 2.65. The number of amides is 1. The Morgan fingerprint density at radius 3 is 2.80 bits per heavy atom. The average Bonchev–Trinajstić information content (AvgIpc) is 2.86. The van der Waals surface area contributed by atoms with Crippen LogP contribution in [0.15, 0.2) is 36.4 Å². The normalized spacial score (nSPS) is 13.3. The van der Waals surface area contributed by atoms with Gasteiger partial charge in [-0.1, -0.05) is 18.2 Å². The van der Waals surface area contributed by atoms with Crippen molar-refractivity contribution in [3.63, 3.8) is 0 Å². The molecule has 0 spiro atoms. The molecule has 3 rings (SSSR count). The number of para-hydroxylation sites is 1. The van der Waals surface area contributed by atoms with E-state index in [0.717, 1.165) is 17.7 Å². The molecule has 0 aliphatic carbocycles. The molecule has 4 heteroatoms. The number of nitrogens with zero attached hydrogens (tertiary/aromatic N) is 1. The summed E-state index contributed by atoms with van der Waals surface area (Å²) in [5.74, 6) is -0.134. The van der Waals surface area contributed by atoms with Crippen molar-refractivity contribution in [2.45, 2.75) is 13.3 Å². The number of aromatic hydroxyl groups is 1. The Balaban J connectivity index is 2.02. The van der Waals surface area contributed by atoms with E-state index < -0.39 is 0 Å². The van der Waals surface area contributed by atoms with Gasteiger partial charge >= 0.3 is 0 Å². The topological polar surface area (TPSA) is 66.6 Å². The third-order valence-corrected chi connectivity index (χ3v) is 3.78. The largest absolute Gasteiger partial charge is 0.507 e. The highest BCUT2D eigenvalue weighted by Crippen LogP contribution is 2.34. The highest BCUT2D eigenvalue weighted by atomic mass is 16.3. The molecule has 1 aliphatic rings. The van der Waals surface area contributed by atoms with Gasteiger partial charge in [-0.25, -0.2) is 0 Å². The second-order valence-electron chi connectivity index (χ2n) is 5.02. The smallest absolute Gasteiger partial charge is 0.262 e. The lowest BCUT2D eigenvalue weighted by Crippen LogP contribution is -2.29. The monoisotopic (exact) mass is 268 g/mol. The van der Waals surface area contributed by atoms with Gasteiger partial charge in [0.1, 0.15) is 5.75 Å². The van der Waals surface area contributed by atoms with Gasteiger partial charge in [0.2, 0.25) is 0 Å². The number of nitrogen functional groups attached to an aromatic ring is 1. The number of phenols is 1. The lowest BCUT2D eigenvalue weighted by molar-refractivity contribution is 0.0986. The van der Waals surface area contributed by atoms with Crippen molar-refractivity contribution in [2.24, 2.45) is 0 Å². The Kier molecular flexibility index (Phi) is 2.86. The van der Waals surface area contributed by atoms with E-state index in [9.17, 15) is 9.90 Å². The molecule has 1 heterocycles. The number of hydrogen-bond donors (Lipinski definition) is 2. The van der Waals surface area contributed by atoms with Crippen LogP contribution in [-0.4, -0.2) is 17.6 Å². The van der Waals surface area contributed by atoms with Crippen molar-refractivity contribution in [2.75, 3.05) is 17.2 Å².